The Morgan fingerprint density at radius 3 is 2.90 bits per heavy atom. The first kappa shape index (κ1) is 16.3. The topological polar surface area (TPSA) is 68.0 Å². The smallest absolute Gasteiger partial charge is 0.239 e. The van der Waals surface area contributed by atoms with E-state index in [9.17, 15) is 4.79 Å². The maximum Gasteiger partial charge on any atom is 0.239 e. The number of amides is 1. The van der Waals surface area contributed by atoms with Gasteiger partial charge >= 0.3 is 0 Å². The van der Waals surface area contributed by atoms with Crippen LogP contribution in [-0.4, -0.2) is 27.8 Å². The van der Waals surface area contributed by atoms with Gasteiger partial charge in [0, 0.05) is 6.04 Å². The first-order chi connectivity index (χ1) is 9.97. The number of carbonyl (C=O) groups is 1. The number of nitrogens with one attached hydrogen (secondary N) is 1. The van der Waals surface area contributed by atoms with Crippen molar-refractivity contribution in [2.45, 2.75) is 58.2 Å². The molecule has 6 heteroatoms. The Balaban J connectivity index is 1.77. The van der Waals surface area contributed by atoms with Crippen molar-refractivity contribution in [3.63, 3.8) is 0 Å². The van der Waals surface area contributed by atoms with Crippen LogP contribution >= 0.6 is 11.8 Å². The molecule has 0 aromatic carbocycles. The number of nitrogens with zero attached hydrogens (tertiary/aromatic N) is 2. The molecule has 1 saturated carbocycles. The van der Waals surface area contributed by atoms with E-state index in [1.165, 1.54) is 24.6 Å². The SMILES string of the molecule is Cc1noc(C(C)SCC(=O)NC2CCCC(C)C2C)n1. The van der Waals surface area contributed by atoms with Crippen molar-refractivity contribution in [3.05, 3.63) is 11.7 Å². The summed E-state index contributed by atoms with van der Waals surface area (Å²) in [5, 5.41) is 7.00. The number of carbonyl (C=O) groups excluding carboxylic acids is 1. The minimum Gasteiger partial charge on any atom is -0.352 e. The number of hydrogen-bond donors (Lipinski definition) is 1. The summed E-state index contributed by atoms with van der Waals surface area (Å²) in [5.74, 6) is 3.01. The van der Waals surface area contributed by atoms with Crippen LogP contribution in [0.15, 0.2) is 4.52 Å². The summed E-state index contributed by atoms with van der Waals surface area (Å²) in [5.41, 5.74) is 0. The van der Waals surface area contributed by atoms with Gasteiger partial charge < -0.3 is 9.84 Å². The van der Waals surface area contributed by atoms with E-state index in [-0.39, 0.29) is 11.2 Å². The van der Waals surface area contributed by atoms with Crippen LogP contribution in [0.4, 0.5) is 0 Å². The number of thioether (sulfide) groups is 1. The fourth-order valence-corrected chi connectivity index (χ4v) is 3.51. The summed E-state index contributed by atoms with van der Waals surface area (Å²) in [7, 11) is 0. The third-order valence-electron chi connectivity index (χ3n) is 4.41. The normalized spacial score (nSPS) is 27.3. The molecule has 0 bridgehead atoms. The predicted octanol–water partition coefficient (Wildman–Crippen LogP) is 3.11. The Labute approximate surface area is 130 Å². The molecule has 118 valence electrons. The first-order valence-corrected chi connectivity index (χ1v) is 8.73. The summed E-state index contributed by atoms with van der Waals surface area (Å²) in [6.45, 7) is 8.29. The van der Waals surface area contributed by atoms with Crippen LogP contribution in [0.5, 0.6) is 0 Å². The molecule has 1 aromatic rings. The Kier molecular flexibility index (Phi) is 5.67. The molecule has 2 rings (SSSR count). The monoisotopic (exact) mass is 311 g/mol. The van der Waals surface area contributed by atoms with Crippen LogP contribution in [0.2, 0.25) is 0 Å². The Morgan fingerprint density at radius 2 is 2.24 bits per heavy atom. The van der Waals surface area contributed by atoms with Crippen LogP contribution in [0, 0.1) is 18.8 Å². The summed E-state index contributed by atoms with van der Waals surface area (Å²) >= 11 is 1.53. The van der Waals surface area contributed by atoms with E-state index in [1.807, 2.05) is 6.92 Å². The van der Waals surface area contributed by atoms with Gasteiger partial charge in [-0.3, -0.25) is 4.79 Å². The number of aromatic nitrogens is 2. The molecule has 1 N–H and O–H groups in total. The van der Waals surface area contributed by atoms with Crippen molar-refractivity contribution in [1.29, 1.82) is 0 Å². The Bertz CT molecular complexity index is 477. The average Bonchev–Trinajstić information content (AvgIpc) is 2.88. The van der Waals surface area contributed by atoms with Crippen molar-refractivity contribution >= 4 is 17.7 Å². The molecule has 1 aliphatic carbocycles. The minimum atomic E-state index is 0.0413. The Hall–Kier alpha value is -1.04. The van der Waals surface area contributed by atoms with E-state index in [0.717, 1.165) is 6.42 Å². The molecular formula is C15H25N3O2S. The van der Waals surface area contributed by atoms with E-state index in [4.69, 9.17) is 4.52 Å². The van der Waals surface area contributed by atoms with Crippen molar-refractivity contribution < 1.29 is 9.32 Å². The molecule has 0 radical (unpaired) electrons. The molecule has 1 amide bonds. The molecule has 0 aliphatic heterocycles. The van der Waals surface area contributed by atoms with Crippen molar-refractivity contribution in [2.24, 2.45) is 11.8 Å². The second kappa shape index (κ2) is 7.29. The number of rotatable bonds is 5. The maximum absolute atomic E-state index is 12.1. The summed E-state index contributed by atoms with van der Waals surface area (Å²) in [4.78, 5) is 16.3. The van der Waals surface area contributed by atoms with Gasteiger partial charge in [0.2, 0.25) is 11.8 Å². The molecule has 21 heavy (non-hydrogen) atoms. The fraction of sp³-hybridized carbons (Fsp3) is 0.800. The highest BCUT2D eigenvalue weighted by molar-refractivity contribution is 8.00. The van der Waals surface area contributed by atoms with Gasteiger partial charge in [-0.2, -0.15) is 4.98 Å². The largest absolute Gasteiger partial charge is 0.352 e. The minimum absolute atomic E-state index is 0.0413. The van der Waals surface area contributed by atoms with E-state index < -0.39 is 0 Å². The second-order valence-electron chi connectivity index (χ2n) is 6.07. The van der Waals surface area contributed by atoms with Gasteiger partial charge in [0.25, 0.3) is 0 Å². The van der Waals surface area contributed by atoms with Gasteiger partial charge in [0.1, 0.15) is 0 Å². The lowest BCUT2D eigenvalue weighted by molar-refractivity contribution is -0.120. The molecule has 5 nitrogen and oxygen atoms in total. The summed E-state index contributed by atoms with van der Waals surface area (Å²) < 4.78 is 5.13. The van der Waals surface area contributed by atoms with Gasteiger partial charge in [-0.05, 0) is 32.1 Å². The fourth-order valence-electron chi connectivity index (χ4n) is 2.78. The zero-order valence-corrected chi connectivity index (χ0v) is 14.1. The quantitative estimate of drug-likeness (QED) is 0.905. The van der Waals surface area contributed by atoms with Crippen molar-refractivity contribution in [2.75, 3.05) is 5.75 Å². The molecule has 0 saturated heterocycles. The molecule has 1 aromatic heterocycles. The highest BCUT2D eigenvalue weighted by Gasteiger charge is 2.28. The van der Waals surface area contributed by atoms with Crippen molar-refractivity contribution in [3.8, 4) is 0 Å². The van der Waals surface area contributed by atoms with E-state index in [2.05, 4.69) is 29.3 Å². The molecule has 1 heterocycles. The zero-order chi connectivity index (χ0) is 15.4. The van der Waals surface area contributed by atoms with E-state index in [0.29, 0.717) is 35.3 Å². The van der Waals surface area contributed by atoms with Crippen molar-refractivity contribution in [1.82, 2.24) is 15.5 Å². The number of aryl methyl sites for hydroxylation is 1. The van der Waals surface area contributed by atoms with Gasteiger partial charge in [0.05, 0.1) is 11.0 Å². The summed E-state index contributed by atoms with van der Waals surface area (Å²) in [6.07, 6.45) is 3.58. The van der Waals surface area contributed by atoms with Crippen LogP contribution in [-0.2, 0) is 4.79 Å². The third kappa shape index (κ3) is 4.46. The second-order valence-corrected chi connectivity index (χ2v) is 7.40. The van der Waals surface area contributed by atoms with Crippen LogP contribution in [0.1, 0.15) is 57.0 Å². The average molecular weight is 311 g/mol. The van der Waals surface area contributed by atoms with Crippen LogP contribution in [0.3, 0.4) is 0 Å². The first-order valence-electron chi connectivity index (χ1n) is 7.68. The lowest BCUT2D eigenvalue weighted by Gasteiger charge is -2.34. The van der Waals surface area contributed by atoms with Crippen LogP contribution < -0.4 is 5.32 Å². The van der Waals surface area contributed by atoms with Gasteiger partial charge in [-0.15, -0.1) is 11.8 Å². The lowest BCUT2D eigenvalue weighted by atomic mass is 9.78. The summed E-state index contributed by atoms with van der Waals surface area (Å²) in [6, 6.07) is 0.322. The predicted molar refractivity (Wildman–Crippen MR) is 84.0 cm³/mol. The molecule has 4 atom stereocenters. The molecule has 0 spiro atoms. The van der Waals surface area contributed by atoms with E-state index in [1.54, 1.807) is 6.92 Å². The van der Waals surface area contributed by atoms with E-state index >= 15 is 0 Å². The third-order valence-corrected chi connectivity index (χ3v) is 5.54. The highest BCUT2D eigenvalue weighted by atomic mass is 32.2. The molecule has 1 aliphatic rings. The molecule has 4 unspecified atom stereocenters. The molecule has 1 fully saturated rings. The van der Waals surface area contributed by atoms with Gasteiger partial charge in [-0.25, -0.2) is 0 Å². The van der Waals surface area contributed by atoms with Gasteiger partial charge in [-0.1, -0.05) is 31.8 Å². The maximum atomic E-state index is 12.1. The van der Waals surface area contributed by atoms with Crippen LogP contribution in [0.25, 0.3) is 0 Å². The van der Waals surface area contributed by atoms with Gasteiger partial charge in [0.15, 0.2) is 5.82 Å². The Morgan fingerprint density at radius 1 is 1.48 bits per heavy atom. The zero-order valence-electron chi connectivity index (χ0n) is 13.3. The lowest BCUT2D eigenvalue weighted by Crippen LogP contribution is -2.44. The molecular weight excluding hydrogens is 286 g/mol. The highest BCUT2D eigenvalue weighted by Crippen LogP contribution is 2.30. The number of hydrogen-bond acceptors (Lipinski definition) is 5. The standard InChI is InChI=1S/C15H25N3O2S/c1-9-6-5-7-13(10(9)2)17-14(19)8-21-11(3)15-16-12(4)18-20-15/h9-11,13H,5-8H2,1-4H3,(H,17,19).